The Morgan fingerprint density at radius 2 is 1.88 bits per heavy atom. The van der Waals surface area contributed by atoms with Crippen LogP contribution in [0.3, 0.4) is 0 Å². The Labute approximate surface area is 145 Å². The number of hydrogen-bond donors (Lipinski definition) is 0. The van der Waals surface area contributed by atoms with E-state index >= 15 is 0 Å². The highest BCUT2D eigenvalue weighted by Gasteiger charge is 2.30. The van der Waals surface area contributed by atoms with Gasteiger partial charge in [-0.25, -0.2) is 17.1 Å². The maximum absolute atomic E-state index is 13.0. The molecule has 0 saturated heterocycles. The van der Waals surface area contributed by atoms with E-state index in [1.54, 1.807) is 0 Å². The maximum Gasteiger partial charge on any atom is 0.265 e. The number of hydrogen-bond acceptors (Lipinski definition) is 4. The Hall–Kier alpha value is -1.86. The van der Waals surface area contributed by atoms with Gasteiger partial charge in [-0.3, -0.25) is 4.99 Å². The molecule has 0 spiro atoms. The largest absolute Gasteiger partial charge is 0.265 e. The van der Waals surface area contributed by atoms with Gasteiger partial charge in [-0.05, 0) is 42.3 Å². The van der Waals surface area contributed by atoms with Gasteiger partial charge in [0, 0.05) is 5.75 Å². The zero-order chi connectivity index (χ0) is 17.2. The maximum atomic E-state index is 13.0. The fourth-order valence-corrected chi connectivity index (χ4v) is 5.20. The first-order valence-electron chi connectivity index (χ1n) is 7.48. The molecule has 7 heteroatoms. The van der Waals surface area contributed by atoms with Crippen molar-refractivity contribution in [1.82, 2.24) is 4.31 Å². The quantitative estimate of drug-likeness (QED) is 0.835. The molecule has 0 amide bonds. The van der Waals surface area contributed by atoms with Gasteiger partial charge in [-0.1, -0.05) is 36.0 Å². The fourth-order valence-electron chi connectivity index (χ4n) is 2.40. The summed E-state index contributed by atoms with van der Waals surface area (Å²) in [7, 11) is -3.70. The van der Waals surface area contributed by atoms with Crippen LogP contribution in [0.15, 0.2) is 58.4 Å². The van der Waals surface area contributed by atoms with Gasteiger partial charge in [0.2, 0.25) is 0 Å². The number of rotatable bonds is 4. The van der Waals surface area contributed by atoms with E-state index in [1.807, 2.05) is 31.2 Å². The van der Waals surface area contributed by atoms with E-state index in [9.17, 15) is 12.8 Å². The van der Waals surface area contributed by atoms with Crippen LogP contribution >= 0.6 is 11.8 Å². The highest BCUT2D eigenvalue weighted by Crippen LogP contribution is 2.26. The molecule has 3 rings (SSSR count). The van der Waals surface area contributed by atoms with Gasteiger partial charge in [0.15, 0.2) is 5.17 Å². The summed E-state index contributed by atoms with van der Waals surface area (Å²) in [6.07, 6.45) is 0. The van der Waals surface area contributed by atoms with Crippen molar-refractivity contribution in [3.63, 3.8) is 0 Å². The van der Waals surface area contributed by atoms with Crippen LogP contribution in [0.25, 0.3) is 0 Å². The third-order valence-electron chi connectivity index (χ3n) is 3.78. The van der Waals surface area contributed by atoms with Gasteiger partial charge >= 0.3 is 0 Å². The summed E-state index contributed by atoms with van der Waals surface area (Å²) in [5.74, 6) is 0.194. The van der Waals surface area contributed by atoms with Crippen molar-refractivity contribution in [2.75, 3.05) is 13.1 Å². The SMILES string of the molecule is Cc1ccccc1CSC1=NCCN1S(=O)(=O)c1ccc(F)cc1. The molecule has 0 aliphatic carbocycles. The van der Waals surface area contributed by atoms with Gasteiger partial charge in [-0.15, -0.1) is 0 Å². The van der Waals surface area contributed by atoms with E-state index in [2.05, 4.69) is 4.99 Å². The van der Waals surface area contributed by atoms with Crippen LogP contribution in [0.1, 0.15) is 11.1 Å². The van der Waals surface area contributed by atoms with Gasteiger partial charge in [0.25, 0.3) is 10.0 Å². The van der Waals surface area contributed by atoms with Crippen LogP contribution in [0.2, 0.25) is 0 Å². The Morgan fingerprint density at radius 3 is 2.58 bits per heavy atom. The first-order chi connectivity index (χ1) is 11.5. The topological polar surface area (TPSA) is 49.7 Å². The molecule has 0 atom stereocenters. The predicted octanol–water partition coefficient (Wildman–Crippen LogP) is 3.43. The minimum atomic E-state index is -3.70. The molecule has 0 radical (unpaired) electrons. The molecule has 0 aromatic heterocycles. The number of amidine groups is 1. The molecule has 1 aliphatic rings. The molecule has 1 heterocycles. The Balaban J connectivity index is 1.78. The minimum absolute atomic E-state index is 0.0787. The number of halogens is 1. The van der Waals surface area contributed by atoms with E-state index < -0.39 is 15.8 Å². The average Bonchev–Trinajstić information content (AvgIpc) is 3.04. The normalized spacial score (nSPS) is 14.8. The minimum Gasteiger partial charge on any atom is -0.260 e. The lowest BCUT2D eigenvalue weighted by Gasteiger charge is -2.20. The van der Waals surface area contributed by atoms with Crippen LogP contribution in [0.4, 0.5) is 4.39 Å². The van der Waals surface area contributed by atoms with Gasteiger partial charge in [-0.2, -0.15) is 0 Å². The Kier molecular flexibility index (Phi) is 4.91. The summed E-state index contributed by atoms with van der Waals surface area (Å²) >= 11 is 1.41. The number of sulfonamides is 1. The Morgan fingerprint density at radius 1 is 1.17 bits per heavy atom. The van der Waals surface area contributed by atoms with Crippen molar-refractivity contribution >= 4 is 27.0 Å². The highest BCUT2D eigenvalue weighted by atomic mass is 32.2. The van der Waals surface area contributed by atoms with Crippen molar-refractivity contribution in [3.8, 4) is 0 Å². The lowest BCUT2D eigenvalue weighted by molar-refractivity contribution is 0.539. The molecule has 2 aromatic rings. The number of benzene rings is 2. The van der Waals surface area contributed by atoms with E-state index in [-0.39, 0.29) is 4.90 Å². The molecule has 126 valence electrons. The molecular formula is C17H17FN2O2S2. The zero-order valence-electron chi connectivity index (χ0n) is 13.1. The van der Waals surface area contributed by atoms with Crippen LogP contribution in [0, 0.1) is 12.7 Å². The number of thioether (sulfide) groups is 1. The standard InChI is InChI=1S/C17H17FN2O2S2/c1-13-4-2-3-5-14(13)12-23-17-19-10-11-20(17)24(21,22)16-8-6-15(18)7-9-16/h2-9H,10-12H2,1H3. The van der Waals surface area contributed by atoms with E-state index in [0.29, 0.717) is 24.0 Å². The third kappa shape index (κ3) is 3.47. The molecular weight excluding hydrogens is 347 g/mol. The first-order valence-corrected chi connectivity index (χ1v) is 9.91. The number of nitrogens with zero attached hydrogens (tertiary/aromatic N) is 2. The van der Waals surface area contributed by atoms with Gasteiger partial charge in [0.05, 0.1) is 18.0 Å². The monoisotopic (exact) mass is 364 g/mol. The van der Waals surface area contributed by atoms with E-state index in [1.165, 1.54) is 28.2 Å². The summed E-state index contributed by atoms with van der Waals surface area (Å²) in [5, 5.41) is 0.488. The van der Waals surface area contributed by atoms with Crippen molar-refractivity contribution in [3.05, 3.63) is 65.5 Å². The smallest absolute Gasteiger partial charge is 0.260 e. The molecule has 4 nitrogen and oxygen atoms in total. The predicted molar refractivity (Wildman–Crippen MR) is 95.1 cm³/mol. The van der Waals surface area contributed by atoms with Crippen molar-refractivity contribution in [1.29, 1.82) is 0 Å². The third-order valence-corrected chi connectivity index (χ3v) is 6.77. The zero-order valence-corrected chi connectivity index (χ0v) is 14.8. The first kappa shape index (κ1) is 17.0. The summed E-state index contributed by atoms with van der Waals surface area (Å²) in [6.45, 7) is 2.78. The molecule has 24 heavy (non-hydrogen) atoms. The van der Waals surface area contributed by atoms with E-state index in [4.69, 9.17) is 0 Å². The van der Waals surface area contributed by atoms with E-state index in [0.717, 1.165) is 23.3 Å². The summed E-state index contributed by atoms with van der Waals surface area (Å²) < 4.78 is 39.8. The van der Waals surface area contributed by atoms with Gasteiger partial charge < -0.3 is 0 Å². The van der Waals surface area contributed by atoms with Crippen LogP contribution in [-0.2, 0) is 15.8 Å². The van der Waals surface area contributed by atoms with Gasteiger partial charge in [0.1, 0.15) is 5.82 Å². The summed E-state index contributed by atoms with van der Waals surface area (Å²) in [4.78, 5) is 4.40. The lowest BCUT2D eigenvalue weighted by atomic mass is 10.1. The summed E-state index contributed by atoms with van der Waals surface area (Å²) in [6, 6.07) is 12.9. The molecule has 2 aromatic carbocycles. The van der Waals surface area contributed by atoms with Crippen LogP contribution in [0.5, 0.6) is 0 Å². The average molecular weight is 364 g/mol. The molecule has 0 fully saturated rings. The second-order valence-electron chi connectivity index (χ2n) is 5.41. The molecule has 0 bridgehead atoms. The molecule has 0 unspecified atom stereocenters. The molecule has 0 N–H and O–H groups in total. The fraction of sp³-hybridized carbons (Fsp3) is 0.235. The second kappa shape index (κ2) is 6.94. The Bertz CT molecular complexity index is 864. The number of aryl methyl sites for hydroxylation is 1. The molecule has 0 saturated carbocycles. The van der Waals surface area contributed by atoms with Crippen molar-refractivity contribution in [2.24, 2.45) is 4.99 Å². The molecule has 1 aliphatic heterocycles. The number of aliphatic imine (C=N–C) groups is 1. The van der Waals surface area contributed by atoms with Crippen LogP contribution < -0.4 is 0 Å². The van der Waals surface area contributed by atoms with Crippen LogP contribution in [-0.4, -0.2) is 31.0 Å². The second-order valence-corrected chi connectivity index (χ2v) is 8.22. The van der Waals surface area contributed by atoms with Crippen molar-refractivity contribution < 1.29 is 12.8 Å². The lowest BCUT2D eigenvalue weighted by Crippen LogP contribution is -2.32. The van der Waals surface area contributed by atoms with Crippen molar-refractivity contribution in [2.45, 2.75) is 17.6 Å². The summed E-state index contributed by atoms with van der Waals surface area (Å²) in [5.41, 5.74) is 2.31. The highest BCUT2D eigenvalue weighted by molar-refractivity contribution is 8.14.